The molecule has 26 heavy (non-hydrogen) atoms. The van der Waals surface area contributed by atoms with Gasteiger partial charge in [0.1, 0.15) is 5.75 Å². The van der Waals surface area contributed by atoms with Crippen LogP contribution in [0.2, 0.25) is 0 Å². The maximum atomic E-state index is 6.28. The van der Waals surface area contributed by atoms with E-state index in [4.69, 9.17) is 9.47 Å². The van der Waals surface area contributed by atoms with Crippen molar-refractivity contribution in [3.8, 4) is 5.75 Å². The van der Waals surface area contributed by atoms with E-state index in [-0.39, 0.29) is 6.29 Å². The van der Waals surface area contributed by atoms with E-state index in [1.165, 1.54) is 36.8 Å². The predicted molar refractivity (Wildman–Crippen MR) is 108 cm³/mol. The highest BCUT2D eigenvalue weighted by Gasteiger charge is 2.27. The van der Waals surface area contributed by atoms with Gasteiger partial charge in [-0.25, -0.2) is 0 Å². The summed E-state index contributed by atoms with van der Waals surface area (Å²) in [5, 5.41) is 0. The lowest BCUT2D eigenvalue weighted by Gasteiger charge is -2.25. The SMILES string of the molecule is CCC(C)c1ccc(OC(OCCc2ccccc2)C2CCCC2)cc1. The first-order chi connectivity index (χ1) is 12.8. The Balaban J connectivity index is 1.58. The average Bonchev–Trinajstić information content (AvgIpc) is 3.23. The number of benzene rings is 2. The Morgan fingerprint density at radius 2 is 1.65 bits per heavy atom. The van der Waals surface area contributed by atoms with E-state index in [0.717, 1.165) is 18.6 Å². The van der Waals surface area contributed by atoms with Crippen LogP contribution >= 0.6 is 0 Å². The van der Waals surface area contributed by atoms with Gasteiger partial charge in [0.15, 0.2) is 0 Å². The number of hydrogen-bond donors (Lipinski definition) is 0. The Labute approximate surface area is 158 Å². The fourth-order valence-electron chi connectivity index (χ4n) is 3.68. The molecular formula is C24H32O2. The third-order valence-electron chi connectivity index (χ3n) is 5.61. The van der Waals surface area contributed by atoms with Crippen molar-refractivity contribution in [1.82, 2.24) is 0 Å². The lowest BCUT2D eigenvalue weighted by Crippen LogP contribution is -2.29. The average molecular weight is 353 g/mol. The van der Waals surface area contributed by atoms with Crippen molar-refractivity contribution < 1.29 is 9.47 Å². The predicted octanol–water partition coefficient (Wildman–Crippen LogP) is 6.35. The summed E-state index contributed by atoms with van der Waals surface area (Å²) in [5.41, 5.74) is 2.69. The van der Waals surface area contributed by atoms with E-state index >= 15 is 0 Å². The quantitative estimate of drug-likeness (QED) is 0.489. The van der Waals surface area contributed by atoms with Crippen molar-refractivity contribution in [3.63, 3.8) is 0 Å². The van der Waals surface area contributed by atoms with Crippen LogP contribution < -0.4 is 4.74 Å². The minimum absolute atomic E-state index is 0.129. The summed E-state index contributed by atoms with van der Waals surface area (Å²) in [4.78, 5) is 0. The second-order valence-corrected chi connectivity index (χ2v) is 7.52. The summed E-state index contributed by atoms with van der Waals surface area (Å²) in [5.74, 6) is 2.03. The molecule has 0 spiro atoms. The summed E-state index contributed by atoms with van der Waals surface area (Å²) < 4.78 is 12.5. The molecule has 3 rings (SSSR count). The molecule has 0 radical (unpaired) electrons. The molecular weight excluding hydrogens is 320 g/mol. The van der Waals surface area contributed by atoms with E-state index in [1.54, 1.807) is 0 Å². The molecule has 2 atom stereocenters. The monoisotopic (exact) mass is 352 g/mol. The molecule has 1 fully saturated rings. The zero-order chi connectivity index (χ0) is 18.2. The molecule has 0 aromatic heterocycles. The van der Waals surface area contributed by atoms with Crippen molar-refractivity contribution in [2.45, 2.75) is 64.6 Å². The fraction of sp³-hybridized carbons (Fsp3) is 0.500. The minimum atomic E-state index is -0.129. The van der Waals surface area contributed by atoms with Gasteiger partial charge in [-0.3, -0.25) is 0 Å². The molecule has 2 aromatic rings. The standard InChI is InChI=1S/C24H32O2/c1-3-19(2)21-13-15-23(16-14-21)26-24(22-11-7-8-12-22)25-18-17-20-9-5-4-6-10-20/h4-6,9-10,13-16,19,22,24H,3,7-8,11-12,17-18H2,1-2H3. The van der Waals surface area contributed by atoms with Gasteiger partial charge >= 0.3 is 0 Å². The maximum absolute atomic E-state index is 6.28. The van der Waals surface area contributed by atoms with E-state index in [9.17, 15) is 0 Å². The zero-order valence-electron chi connectivity index (χ0n) is 16.2. The molecule has 2 aromatic carbocycles. The molecule has 2 heteroatoms. The summed E-state index contributed by atoms with van der Waals surface area (Å²) in [6, 6.07) is 19.1. The third-order valence-corrected chi connectivity index (χ3v) is 5.61. The van der Waals surface area contributed by atoms with Gasteiger partial charge < -0.3 is 9.47 Å². The second kappa shape index (κ2) is 9.78. The van der Waals surface area contributed by atoms with Gasteiger partial charge in [-0.2, -0.15) is 0 Å². The Bertz CT molecular complexity index is 629. The molecule has 0 N–H and O–H groups in total. The Hall–Kier alpha value is -1.80. The van der Waals surface area contributed by atoms with E-state index < -0.39 is 0 Å². The van der Waals surface area contributed by atoms with Gasteiger partial charge in [-0.1, -0.05) is 69.2 Å². The molecule has 0 bridgehead atoms. The fourth-order valence-corrected chi connectivity index (χ4v) is 3.68. The number of ether oxygens (including phenoxy) is 2. The van der Waals surface area contributed by atoms with Crippen LogP contribution in [0.1, 0.15) is 63.0 Å². The Morgan fingerprint density at radius 3 is 2.31 bits per heavy atom. The van der Waals surface area contributed by atoms with E-state index in [2.05, 4.69) is 68.4 Å². The van der Waals surface area contributed by atoms with Gasteiger partial charge in [-0.05, 0) is 54.9 Å². The van der Waals surface area contributed by atoms with Gasteiger partial charge in [0.2, 0.25) is 6.29 Å². The first kappa shape index (κ1) is 19.0. The van der Waals surface area contributed by atoms with Crippen molar-refractivity contribution in [3.05, 3.63) is 65.7 Å². The second-order valence-electron chi connectivity index (χ2n) is 7.52. The van der Waals surface area contributed by atoms with Crippen LogP contribution in [0, 0.1) is 5.92 Å². The van der Waals surface area contributed by atoms with Crippen molar-refractivity contribution in [2.24, 2.45) is 5.92 Å². The molecule has 2 unspecified atom stereocenters. The van der Waals surface area contributed by atoms with Crippen molar-refractivity contribution in [2.75, 3.05) is 6.61 Å². The molecule has 0 aliphatic heterocycles. The molecule has 0 amide bonds. The van der Waals surface area contributed by atoms with Gasteiger partial charge in [0, 0.05) is 5.92 Å². The van der Waals surface area contributed by atoms with Gasteiger partial charge in [0.05, 0.1) is 6.61 Å². The largest absolute Gasteiger partial charge is 0.465 e. The number of rotatable bonds is 9. The summed E-state index contributed by atoms with van der Waals surface area (Å²) in [7, 11) is 0. The zero-order valence-corrected chi connectivity index (χ0v) is 16.2. The lowest BCUT2D eigenvalue weighted by molar-refractivity contribution is -0.113. The Morgan fingerprint density at radius 1 is 0.962 bits per heavy atom. The summed E-state index contributed by atoms with van der Waals surface area (Å²) in [6.45, 7) is 5.20. The lowest BCUT2D eigenvalue weighted by atomic mass is 9.99. The molecule has 1 saturated carbocycles. The van der Waals surface area contributed by atoms with Crippen LogP contribution in [0.25, 0.3) is 0 Å². The van der Waals surface area contributed by atoms with Crippen molar-refractivity contribution in [1.29, 1.82) is 0 Å². The van der Waals surface area contributed by atoms with Crippen LogP contribution in [0.15, 0.2) is 54.6 Å². The molecule has 0 saturated heterocycles. The first-order valence-corrected chi connectivity index (χ1v) is 10.2. The molecule has 0 heterocycles. The molecule has 140 valence electrons. The van der Waals surface area contributed by atoms with Crippen LogP contribution in [0.5, 0.6) is 5.75 Å². The highest BCUT2D eigenvalue weighted by atomic mass is 16.7. The molecule has 1 aliphatic carbocycles. The van der Waals surface area contributed by atoms with Gasteiger partial charge in [-0.15, -0.1) is 0 Å². The summed E-state index contributed by atoms with van der Waals surface area (Å²) in [6.07, 6.45) is 6.96. The smallest absolute Gasteiger partial charge is 0.202 e. The van der Waals surface area contributed by atoms with Crippen molar-refractivity contribution >= 4 is 0 Å². The van der Waals surface area contributed by atoms with Gasteiger partial charge in [0.25, 0.3) is 0 Å². The maximum Gasteiger partial charge on any atom is 0.202 e. The van der Waals surface area contributed by atoms with Crippen LogP contribution in [0.4, 0.5) is 0 Å². The first-order valence-electron chi connectivity index (χ1n) is 10.2. The van der Waals surface area contributed by atoms with E-state index in [1.807, 2.05) is 0 Å². The minimum Gasteiger partial charge on any atom is -0.465 e. The summed E-state index contributed by atoms with van der Waals surface area (Å²) >= 11 is 0. The molecule has 2 nitrogen and oxygen atoms in total. The van der Waals surface area contributed by atoms with Crippen LogP contribution in [0.3, 0.4) is 0 Å². The topological polar surface area (TPSA) is 18.5 Å². The van der Waals surface area contributed by atoms with E-state index in [0.29, 0.717) is 18.4 Å². The normalized spacial score (nSPS) is 17.2. The third kappa shape index (κ3) is 5.35. The Kier molecular flexibility index (Phi) is 7.13. The van der Waals surface area contributed by atoms with Crippen LogP contribution in [-0.4, -0.2) is 12.9 Å². The highest BCUT2D eigenvalue weighted by molar-refractivity contribution is 5.29. The highest BCUT2D eigenvalue weighted by Crippen LogP contribution is 2.31. The van der Waals surface area contributed by atoms with Crippen LogP contribution in [-0.2, 0) is 11.2 Å². The number of hydrogen-bond acceptors (Lipinski definition) is 2. The molecule has 1 aliphatic rings.